The summed E-state index contributed by atoms with van der Waals surface area (Å²) in [4.78, 5) is 10.1. The molecule has 2 saturated carbocycles. The zero-order valence-electron chi connectivity index (χ0n) is 42.4. The van der Waals surface area contributed by atoms with Gasteiger partial charge in [0.25, 0.3) is 0 Å². The van der Waals surface area contributed by atoms with Crippen LogP contribution in [0.2, 0.25) is 36.3 Å². The maximum Gasteiger partial charge on any atom is 1.00 e. The van der Waals surface area contributed by atoms with E-state index in [-0.39, 0.29) is 60.7 Å². The molecule has 67 heavy (non-hydrogen) atoms. The summed E-state index contributed by atoms with van der Waals surface area (Å²) in [6.45, 7) is 29.8. The van der Waals surface area contributed by atoms with E-state index in [0.29, 0.717) is 42.5 Å². The van der Waals surface area contributed by atoms with E-state index in [1.54, 1.807) is 0 Å². The minimum Gasteiger partial charge on any atom is -1.00 e. The van der Waals surface area contributed by atoms with Gasteiger partial charge in [-0.3, -0.25) is 0 Å². The molecule has 0 aromatic heterocycles. The van der Waals surface area contributed by atoms with Crippen molar-refractivity contribution in [1.82, 2.24) is 0 Å². The van der Waals surface area contributed by atoms with E-state index in [0.717, 1.165) is 38.8 Å². The van der Waals surface area contributed by atoms with Crippen molar-refractivity contribution in [3.8, 4) is 0 Å². The summed E-state index contributed by atoms with van der Waals surface area (Å²) in [6, 6.07) is 38.7. The van der Waals surface area contributed by atoms with Crippen LogP contribution in [-0.4, -0.2) is 58.1 Å². The third-order valence-electron chi connectivity index (χ3n) is 13.2. The average Bonchev–Trinajstić information content (AvgIpc) is 3.26. The fourth-order valence-electron chi connectivity index (χ4n) is 7.18. The molecule has 4 nitrogen and oxygen atoms in total. The second kappa shape index (κ2) is 27.0. The third-order valence-corrected chi connectivity index (χ3v) is 27.0. The first-order chi connectivity index (χ1) is 30.4. The number of benzene rings is 4. The number of halogens is 3. The molecular weight excluding hydrogens is 939 g/mol. The van der Waals surface area contributed by atoms with Crippen molar-refractivity contribution in [3.05, 3.63) is 169 Å². The van der Waals surface area contributed by atoms with E-state index >= 15 is 0 Å². The van der Waals surface area contributed by atoms with Gasteiger partial charge < -0.3 is 19.7 Å². The summed E-state index contributed by atoms with van der Waals surface area (Å²) in [5.74, 6) is 0.397. The van der Waals surface area contributed by atoms with E-state index in [1.165, 1.54) is 0 Å². The number of allylic oxidation sites excluding steroid dienone is 4. The van der Waals surface area contributed by atoms with Gasteiger partial charge in [-0.2, -0.15) is 0 Å². The molecular formula is C55H78ClF2NaO4P2Si2. The predicted molar refractivity (Wildman–Crippen MR) is 291 cm³/mol. The Morgan fingerprint density at radius 2 is 0.985 bits per heavy atom. The summed E-state index contributed by atoms with van der Waals surface area (Å²) in [7, 11) is -7.94. The summed E-state index contributed by atoms with van der Waals surface area (Å²) in [5.41, 5.74) is 2.86. The Kier molecular flexibility index (Phi) is 24.6. The van der Waals surface area contributed by atoms with Gasteiger partial charge in [0.15, 0.2) is 16.6 Å². The van der Waals surface area contributed by atoms with Gasteiger partial charge in [-0.05, 0) is 71.4 Å². The van der Waals surface area contributed by atoms with Crippen LogP contribution in [0.1, 0.15) is 76.1 Å². The molecule has 2 aliphatic rings. The Balaban J connectivity index is 0.000000547. The first kappa shape index (κ1) is 61.1. The molecule has 0 saturated heterocycles. The largest absolute Gasteiger partial charge is 1.00 e. The number of hydrogen-bond donors (Lipinski definition) is 1. The molecule has 0 bridgehead atoms. The van der Waals surface area contributed by atoms with Gasteiger partial charge in [-0.15, -0.1) is 11.6 Å². The van der Waals surface area contributed by atoms with E-state index in [4.69, 9.17) is 20.5 Å². The predicted octanol–water partition coefficient (Wildman–Crippen LogP) is 12.0. The van der Waals surface area contributed by atoms with Crippen molar-refractivity contribution in [3.63, 3.8) is 0 Å². The van der Waals surface area contributed by atoms with Crippen LogP contribution >= 0.6 is 26.9 Å². The minimum absolute atomic E-state index is 0. The Labute approximate surface area is 436 Å². The van der Waals surface area contributed by atoms with E-state index in [1.807, 2.05) is 133 Å². The van der Waals surface area contributed by atoms with Gasteiger partial charge in [-0.25, -0.2) is 8.78 Å². The maximum atomic E-state index is 14.9. The third kappa shape index (κ3) is 17.4. The number of rotatable bonds is 11. The van der Waals surface area contributed by atoms with Crippen molar-refractivity contribution in [1.29, 1.82) is 0 Å². The van der Waals surface area contributed by atoms with Crippen LogP contribution in [0.5, 0.6) is 0 Å². The second-order valence-electron chi connectivity index (χ2n) is 20.1. The Morgan fingerprint density at radius 1 is 0.672 bits per heavy atom. The smallest absolute Gasteiger partial charge is 1.00 e. The van der Waals surface area contributed by atoms with Gasteiger partial charge in [-0.1, -0.05) is 196 Å². The van der Waals surface area contributed by atoms with Crippen LogP contribution in [-0.2, 0) is 13.4 Å². The van der Waals surface area contributed by atoms with Crippen LogP contribution in [0.4, 0.5) is 8.78 Å². The molecule has 4 atom stereocenters. The summed E-state index contributed by atoms with van der Waals surface area (Å²) < 4.78 is 56.1. The van der Waals surface area contributed by atoms with Crippen LogP contribution in [0.25, 0.3) is 0 Å². The van der Waals surface area contributed by atoms with Crippen molar-refractivity contribution in [2.24, 2.45) is 0 Å². The van der Waals surface area contributed by atoms with Crippen molar-refractivity contribution >= 4 is 64.7 Å². The molecule has 0 radical (unpaired) electrons. The topological polar surface area (TPSA) is 55.8 Å². The van der Waals surface area contributed by atoms with E-state index in [2.05, 4.69) is 80.9 Å². The average molecular weight is 1020 g/mol. The molecule has 2 unspecified atom stereocenters. The fraction of sp³-hybridized carbons (Fsp3) is 0.418. The molecule has 1 N–H and O–H groups in total. The van der Waals surface area contributed by atoms with Crippen LogP contribution in [0, 0.1) is 0 Å². The minimum atomic E-state index is -2.90. The molecule has 2 fully saturated rings. The zero-order chi connectivity index (χ0) is 48.2. The Morgan fingerprint density at radius 3 is 1.30 bits per heavy atom. The molecule has 362 valence electrons. The van der Waals surface area contributed by atoms with E-state index < -0.39 is 44.3 Å². The molecule has 12 heteroatoms. The molecule has 6 rings (SSSR count). The molecule has 0 heterocycles. The van der Waals surface area contributed by atoms with Crippen LogP contribution in [0.15, 0.2) is 169 Å². The molecule has 0 amide bonds. The second-order valence-corrected chi connectivity index (χ2v) is 34.4. The molecule has 0 aliphatic heterocycles. The summed E-state index contributed by atoms with van der Waals surface area (Å²) >= 11 is 5.73. The van der Waals surface area contributed by atoms with Gasteiger partial charge in [0.05, 0.1) is 20.4 Å². The zero-order valence-corrected chi connectivity index (χ0v) is 47.9. The first-order valence-electron chi connectivity index (χ1n) is 22.7. The fourth-order valence-corrected chi connectivity index (χ4v) is 13.8. The van der Waals surface area contributed by atoms with Gasteiger partial charge in [0.1, 0.15) is 19.5 Å². The quantitative estimate of drug-likeness (QED) is 0.0924. The monoisotopic (exact) mass is 1020 g/mol. The van der Waals surface area contributed by atoms with Crippen molar-refractivity contribution in [2.75, 3.05) is 12.0 Å². The van der Waals surface area contributed by atoms with Crippen molar-refractivity contribution in [2.45, 2.75) is 135 Å². The van der Waals surface area contributed by atoms with E-state index in [9.17, 15) is 18.2 Å². The Hall–Kier alpha value is -2.04. The standard InChI is InChI=1S/C27H36FO2PSi.C15H26ClFOSi.C12H11OP.CH4.Na.H/c1-21-22(19-23(20-26(21)28)30-32(5,6)27(2,3)4)17-18-31(29,24-13-9-7-10-14-24)25-15-11-8-12-16-25;1-11-12(7-8-16)9-13(10-14(11)17)18-19(5,6)15(2,3)4;13-14(11-7-3-1-4-8-11)12-9-5-2-6-10-12;;;/h7-17,23,26H,1,18-20H2,2-6H3;7,13-14H,1,8-10H2,2-6H3;1-10,13H;1H4;;/q;;;;+1;-1/b22-17-;12-7-;;;;/t23?,26-;13?,14-;;;;/m00..../s1. The van der Waals surface area contributed by atoms with Crippen LogP contribution < -0.4 is 50.8 Å². The molecule has 0 spiro atoms. The van der Waals surface area contributed by atoms with Gasteiger partial charge in [0.2, 0.25) is 0 Å². The molecule has 2 aliphatic carbocycles. The number of hydrogen-bond acceptors (Lipinski definition) is 4. The SMILES string of the molecule is C.C=C1/C(=C\CCl)CC(O[Si](C)(C)C(C)(C)C)C[C@@H]1F.C=C1/C(=C\CP(=O)(c2ccccc2)c2ccccc2)CC(O[Si](C)(C)C(C)(C)C)C[C@@H]1F.OP(c1ccccc1)c1ccccc1.[H-].[Na+]. The van der Waals surface area contributed by atoms with Crippen LogP contribution in [0.3, 0.4) is 0 Å². The first-order valence-corrected chi connectivity index (χ1v) is 32.2. The van der Waals surface area contributed by atoms with Gasteiger partial charge >= 0.3 is 29.6 Å². The summed E-state index contributed by atoms with van der Waals surface area (Å²) in [6.07, 6.45) is 3.93. The number of alkyl halides is 3. The molecule has 4 aromatic rings. The molecule has 4 aromatic carbocycles. The maximum absolute atomic E-state index is 14.9. The normalized spacial score (nSPS) is 20.5. The van der Waals surface area contributed by atoms with Crippen molar-refractivity contribution < 1.29 is 58.1 Å². The Bertz CT molecular complexity index is 2170. The summed E-state index contributed by atoms with van der Waals surface area (Å²) in [5, 5.41) is 3.82. The van der Waals surface area contributed by atoms with Gasteiger partial charge in [0, 0.05) is 46.1 Å².